The van der Waals surface area contributed by atoms with Gasteiger partial charge in [0.25, 0.3) is 0 Å². The second-order valence-corrected chi connectivity index (χ2v) is 4.70. The SMILES string of the molecule is CC(=O)Oc1c[nH]c2c(OCc3ccccc3)cccc12. The van der Waals surface area contributed by atoms with Gasteiger partial charge in [0.05, 0.1) is 5.52 Å². The molecule has 2 aromatic carbocycles. The van der Waals surface area contributed by atoms with Gasteiger partial charge in [-0.15, -0.1) is 0 Å². The van der Waals surface area contributed by atoms with Gasteiger partial charge in [-0.25, -0.2) is 0 Å². The van der Waals surface area contributed by atoms with E-state index >= 15 is 0 Å². The Balaban J connectivity index is 1.86. The lowest BCUT2D eigenvalue weighted by Crippen LogP contribution is -2.00. The Kier molecular flexibility index (Phi) is 3.60. The number of hydrogen-bond acceptors (Lipinski definition) is 3. The van der Waals surface area contributed by atoms with Gasteiger partial charge in [-0.1, -0.05) is 36.4 Å². The molecule has 0 fully saturated rings. The summed E-state index contributed by atoms with van der Waals surface area (Å²) in [5.41, 5.74) is 1.92. The number of nitrogens with one attached hydrogen (secondary N) is 1. The summed E-state index contributed by atoms with van der Waals surface area (Å²) in [6, 6.07) is 15.6. The third-order valence-corrected chi connectivity index (χ3v) is 3.13. The first-order chi connectivity index (χ1) is 10.2. The van der Waals surface area contributed by atoms with E-state index in [4.69, 9.17) is 9.47 Å². The van der Waals surface area contributed by atoms with Gasteiger partial charge in [-0.3, -0.25) is 4.79 Å². The molecular weight excluding hydrogens is 266 g/mol. The molecule has 1 aromatic heterocycles. The molecule has 0 radical (unpaired) electrons. The van der Waals surface area contributed by atoms with E-state index in [0.29, 0.717) is 12.4 Å². The molecule has 0 bridgehead atoms. The van der Waals surface area contributed by atoms with Crippen molar-refractivity contribution in [2.75, 3.05) is 0 Å². The van der Waals surface area contributed by atoms with Gasteiger partial charge >= 0.3 is 5.97 Å². The number of hydrogen-bond donors (Lipinski definition) is 1. The van der Waals surface area contributed by atoms with Crippen LogP contribution in [0.25, 0.3) is 10.9 Å². The number of carbonyl (C=O) groups is 1. The van der Waals surface area contributed by atoms with Gasteiger partial charge in [0.2, 0.25) is 0 Å². The molecule has 0 aliphatic heterocycles. The Morgan fingerprint density at radius 1 is 1.05 bits per heavy atom. The minimum atomic E-state index is -0.341. The van der Waals surface area contributed by atoms with E-state index in [1.807, 2.05) is 48.5 Å². The first kappa shape index (κ1) is 13.2. The van der Waals surface area contributed by atoms with Crippen LogP contribution in [0.1, 0.15) is 12.5 Å². The highest BCUT2D eigenvalue weighted by Crippen LogP contribution is 2.32. The molecule has 0 aliphatic rings. The summed E-state index contributed by atoms with van der Waals surface area (Å²) in [6.45, 7) is 1.87. The zero-order chi connectivity index (χ0) is 14.7. The minimum Gasteiger partial charge on any atom is -0.487 e. The first-order valence-electron chi connectivity index (χ1n) is 6.69. The van der Waals surface area contributed by atoms with Crippen LogP contribution < -0.4 is 9.47 Å². The highest BCUT2D eigenvalue weighted by atomic mass is 16.5. The summed E-state index contributed by atoms with van der Waals surface area (Å²) in [5.74, 6) is 0.906. The normalized spacial score (nSPS) is 10.5. The quantitative estimate of drug-likeness (QED) is 0.742. The van der Waals surface area contributed by atoms with Crippen LogP contribution >= 0.6 is 0 Å². The van der Waals surface area contributed by atoms with Crippen molar-refractivity contribution in [1.29, 1.82) is 0 Å². The van der Waals surface area contributed by atoms with E-state index in [0.717, 1.165) is 22.2 Å². The molecule has 0 unspecified atom stereocenters. The molecule has 0 aliphatic carbocycles. The Hall–Kier alpha value is -2.75. The van der Waals surface area contributed by atoms with Crippen LogP contribution in [0.2, 0.25) is 0 Å². The molecule has 0 amide bonds. The number of benzene rings is 2. The summed E-state index contributed by atoms with van der Waals surface area (Å²) in [6.07, 6.45) is 1.67. The average molecular weight is 281 g/mol. The van der Waals surface area contributed by atoms with Gasteiger partial charge in [0.1, 0.15) is 12.4 Å². The zero-order valence-electron chi connectivity index (χ0n) is 11.6. The number of rotatable bonds is 4. The lowest BCUT2D eigenvalue weighted by molar-refractivity contribution is -0.131. The van der Waals surface area contributed by atoms with Crippen LogP contribution in [0.15, 0.2) is 54.7 Å². The van der Waals surface area contributed by atoms with Crippen molar-refractivity contribution in [2.24, 2.45) is 0 Å². The largest absolute Gasteiger partial charge is 0.487 e. The molecule has 4 nitrogen and oxygen atoms in total. The second kappa shape index (κ2) is 5.71. The Morgan fingerprint density at radius 2 is 1.86 bits per heavy atom. The predicted molar refractivity (Wildman–Crippen MR) is 80.4 cm³/mol. The average Bonchev–Trinajstić information content (AvgIpc) is 2.89. The van der Waals surface area contributed by atoms with Crippen molar-refractivity contribution in [3.63, 3.8) is 0 Å². The van der Waals surface area contributed by atoms with E-state index < -0.39 is 0 Å². The molecule has 3 rings (SSSR count). The number of aromatic amines is 1. The molecule has 106 valence electrons. The fraction of sp³-hybridized carbons (Fsp3) is 0.118. The summed E-state index contributed by atoms with van der Waals surface area (Å²) in [5, 5.41) is 0.829. The van der Waals surface area contributed by atoms with Crippen LogP contribution in [0.4, 0.5) is 0 Å². The number of ether oxygens (including phenoxy) is 2. The van der Waals surface area contributed by atoms with Gasteiger partial charge in [-0.05, 0) is 17.7 Å². The maximum Gasteiger partial charge on any atom is 0.308 e. The second-order valence-electron chi connectivity index (χ2n) is 4.70. The van der Waals surface area contributed by atoms with E-state index in [1.54, 1.807) is 6.20 Å². The molecule has 1 N–H and O–H groups in total. The smallest absolute Gasteiger partial charge is 0.308 e. The van der Waals surface area contributed by atoms with Crippen LogP contribution in [0, 0.1) is 0 Å². The number of esters is 1. The molecule has 21 heavy (non-hydrogen) atoms. The van der Waals surface area contributed by atoms with E-state index in [1.165, 1.54) is 6.92 Å². The summed E-state index contributed by atoms with van der Waals surface area (Å²) in [4.78, 5) is 14.2. The molecule has 0 saturated carbocycles. The maximum atomic E-state index is 11.1. The molecule has 0 atom stereocenters. The van der Waals surface area contributed by atoms with Crippen molar-refractivity contribution in [3.05, 3.63) is 60.3 Å². The Morgan fingerprint density at radius 3 is 2.62 bits per heavy atom. The van der Waals surface area contributed by atoms with Crippen LogP contribution in [0.5, 0.6) is 11.5 Å². The molecular formula is C17H15NO3. The lowest BCUT2D eigenvalue weighted by atomic mass is 10.2. The third-order valence-electron chi connectivity index (χ3n) is 3.13. The maximum absolute atomic E-state index is 11.1. The predicted octanol–water partition coefficient (Wildman–Crippen LogP) is 3.67. The van der Waals surface area contributed by atoms with Crippen molar-refractivity contribution in [2.45, 2.75) is 13.5 Å². The van der Waals surface area contributed by atoms with Gasteiger partial charge in [0.15, 0.2) is 5.75 Å². The topological polar surface area (TPSA) is 51.3 Å². The number of H-pyrrole nitrogens is 1. The van der Waals surface area contributed by atoms with E-state index in [9.17, 15) is 4.79 Å². The highest BCUT2D eigenvalue weighted by Gasteiger charge is 2.10. The number of carbonyl (C=O) groups excluding carboxylic acids is 1. The van der Waals surface area contributed by atoms with Crippen molar-refractivity contribution >= 4 is 16.9 Å². The van der Waals surface area contributed by atoms with Crippen LogP contribution in [-0.4, -0.2) is 11.0 Å². The Labute approximate surface area is 122 Å². The molecule has 3 aromatic rings. The molecule has 1 heterocycles. The number of para-hydroxylation sites is 1. The van der Waals surface area contributed by atoms with Crippen LogP contribution in [-0.2, 0) is 11.4 Å². The molecule has 0 spiro atoms. The van der Waals surface area contributed by atoms with Gasteiger partial charge < -0.3 is 14.5 Å². The third kappa shape index (κ3) is 2.89. The zero-order valence-corrected chi connectivity index (χ0v) is 11.6. The van der Waals surface area contributed by atoms with Crippen molar-refractivity contribution in [1.82, 2.24) is 4.98 Å². The fourth-order valence-electron chi connectivity index (χ4n) is 2.20. The fourth-order valence-corrected chi connectivity index (χ4v) is 2.20. The van der Waals surface area contributed by atoms with E-state index in [-0.39, 0.29) is 5.97 Å². The monoisotopic (exact) mass is 281 g/mol. The highest BCUT2D eigenvalue weighted by molar-refractivity contribution is 5.92. The Bertz CT molecular complexity index is 762. The van der Waals surface area contributed by atoms with Gasteiger partial charge in [0, 0.05) is 18.5 Å². The van der Waals surface area contributed by atoms with Gasteiger partial charge in [-0.2, -0.15) is 0 Å². The minimum absolute atomic E-state index is 0.341. The van der Waals surface area contributed by atoms with Crippen molar-refractivity contribution < 1.29 is 14.3 Å². The van der Waals surface area contributed by atoms with Crippen LogP contribution in [0.3, 0.4) is 0 Å². The summed E-state index contributed by atoms with van der Waals surface area (Å²) >= 11 is 0. The van der Waals surface area contributed by atoms with Crippen molar-refractivity contribution in [3.8, 4) is 11.5 Å². The number of fused-ring (bicyclic) bond motifs is 1. The molecule has 4 heteroatoms. The standard InChI is InChI=1S/C17H15NO3/c1-12(19)21-16-10-18-17-14(16)8-5-9-15(17)20-11-13-6-3-2-4-7-13/h2-10,18H,11H2,1H3. The lowest BCUT2D eigenvalue weighted by Gasteiger charge is -2.07. The first-order valence-corrected chi connectivity index (χ1v) is 6.69. The molecule has 0 saturated heterocycles. The summed E-state index contributed by atoms with van der Waals surface area (Å²) < 4.78 is 11.0. The summed E-state index contributed by atoms with van der Waals surface area (Å²) in [7, 11) is 0. The van der Waals surface area contributed by atoms with E-state index in [2.05, 4.69) is 4.98 Å². The number of aromatic nitrogens is 1.